The zero-order chi connectivity index (χ0) is 24.8. The van der Waals surface area contributed by atoms with Gasteiger partial charge in [-0.05, 0) is 49.3 Å². The van der Waals surface area contributed by atoms with Crippen molar-refractivity contribution in [3.8, 4) is 5.75 Å². The van der Waals surface area contributed by atoms with Crippen LogP contribution in [0.3, 0.4) is 0 Å². The maximum absolute atomic E-state index is 13.4. The van der Waals surface area contributed by atoms with Crippen LogP contribution >= 0.6 is 11.6 Å². The Labute approximate surface area is 203 Å². The molecule has 34 heavy (non-hydrogen) atoms. The molecule has 0 aromatic heterocycles. The third-order valence-electron chi connectivity index (χ3n) is 7.78. The maximum Gasteiger partial charge on any atom is 0.303 e. The summed E-state index contributed by atoms with van der Waals surface area (Å²) in [7, 11) is 0. The van der Waals surface area contributed by atoms with Crippen LogP contribution in [0.1, 0.15) is 64.0 Å². The number of phenolic OH excluding ortho intramolecular Hbond substituents is 1. The van der Waals surface area contributed by atoms with Crippen molar-refractivity contribution in [2.24, 2.45) is 29.6 Å². The number of carboxylic acid groups (broad SMARTS) is 1. The van der Waals surface area contributed by atoms with Crippen LogP contribution in [0.15, 0.2) is 18.2 Å². The zero-order valence-corrected chi connectivity index (χ0v) is 20.2. The molecule has 1 aromatic carbocycles. The number of ether oxygens (including phenoxy) is 1. The number of benzene rings is 1. The van der Waals surface area contributed by atoms with E-state index in [9.17, 15) is 24.6 Å². The average molecular weight is 494 g/mol. The third kappa shape index (κ3) is 4.32. The number of halogens is 1. The normalized spacial score (nSPS) is 32.9. The van der Waals surface area contributed by atoms with E-state index < -0.39 is 35.6 Å². The first-order chi connectivity index (χ1) is 16.0. The highest BCUT2D eigenvalue weighted by atomic mass is 35.5. The van der Waals surface area contributed by atoms with Crippen LogP contribution in [0.5, 0.6) is 5.75 Å². The van der Waals surface area contributed by atoms with E-state index in [2.05, 4.69) is 0 Å². The van der Waals surface area contributed by atoms with E-state index in [1.54, 1.807) is 6.07 Å². The van der Waals surface area contributed by atoms with Crippen LogP contribution in [0, 0.1) is 29.6 Å². The first kappa shape index (κ1) is 24.9. The molecule has 3 N–H and O–H groups in total. The Morgan fingerprint density at radius 1 is 1.21 bits per heavy atom. The quantitative estimate of drug-likeness (QED) is 0.372. The van der Waals surface area contributed by atoms with Crippen LogP contribution in [0.25, 0.3) is 0 Å². The molecule has 0 spiro atoms. The number of likely N-dealkylation sites (tertiary alicyclic amines) is 1. The van der Waals surface area contributed by atoms with Gasteiger partial charge >= 0.3 is 5.97 Å². The number of carbonyl (C=O) groups is 3. The Kier molecular flexibility index (Phi) is 6.95. The largest absolute Gasteiger partial charge is 0.508 e. The van der Waals surface area contributed by atoms with Gasteiger partial charge in [-0.3, -0.25) is 19.3 Å². The van der Waals surface area contributed by atoms with Gasteiger partial charge in [0, 0.05) is 24.8 Å². The minimum absolute atomic E-state index is 0.0236. The minimum Gasteiger partial charge on any atom is -0.508 e. The lowest BCUT2D eigenvalue weighted by molar-refractivity contribution is -0.276. The molecule has 0 bridgehead atoms. The maximum atomic E-state index is 13.4. The first-order valence-electron chi connectivity index (χ1n) is 12.0. The predicted molar refractivity (Wildman–Crippen MR) is 123 cm³/mol. The van der Waals surface area contributed by atoms with Crippen LogP contribution < -0.4 is 0 Å². The fourth-order valence-corrected chi connectivity index (χ4v) is 6.44. The van der Waals surface area contributed by atoms with Gasteiger partial charge in [0.05, 0.1) is 23.0 Å². The standard InChI is InChI=1S/C25H32ClNO7/c1-13(2)17-11-16-22(24(32)27(23(16)31)9-5-3-4-6-21(29)30)18-12-20(34-25(17,18)33)15-8-7-14(28)10-19(15)26/h7-8,10,13,16-18,20,22,28,33H,3-6,9,11-12H2,1-2H3,(H,29,30)/t16-,17+,18-,20-,22-,25+/m0/s1. The summed E-state index contributed by atoms with van der Waals surface area (Å²) in [5.74, 6) is -4.89. The van der Waals surface area contributed by atoms with Crippen molar-refractivity contribution < 1.29 is 34.4 Å². The Hall–Kier alpha value is -2.16. The molecule has 186 valence electrons. The van der Waals surface area contributed by atoms with Crippen LogP contribution in [-0.4, -0.2) is 50.3 Å². The van der Waals surface area contributed by atoms with E-state index >= 15 is 0 Å². The lowest BCUT2D eigenvalue weighted by Crippen LogP contribution is -2.55. The number of fused-ring (bicyclic) bond motifs is 3. The number of carbonyl (C=O) groups excluding carboxylic acids is 2. The Morgan fingerprint density at radius 3 is 2.59 bits per heavy atom. The van der Waals surface area contributed by atoms with E-state index in [1.807, 2.05) is 13.8 Å². The number of carboxylic acids is 1. The monoisotopic (exact) mass is 493 g/mol. The number of unbranched alkanes of at least 4 members (excludes halogenated alkanes) is 2. The summed E-state index contributed by atoms with van der Waals surface area (Å²) in [5.41, 5.74) is 0.633. The smallest absolute Gasteiger partial charge is 0.303 e. The van der Waals surface area contributed by atoms with Gasteiger partial charge in [0.1, 0.15) is 5.75 Å². The zero-order valence-electron chi connectivity index (χ0n) is 19.4. The lowest BCUT2D eigenvalue weighted by Gasteiger charge is -2.46. The molecule has 2 amide bonds. The van der Waals surface area contributed by atoms with Crippen molar-refractivity contribution in [1.29, 1.82) is 0 Å². The van der Waals surface area contributed by atoms with Crippen molar-refractivity contribution in [2.75, 3.05) is 6.54 Å². The number of amides is 2. The molecule has 4 rings (SSSR count). The Bertz CT molecular complexity index is 982. The fraction of sp³-hybridized carbons (Fsp3) is 0.640. The van der Waals surface area contributed by atoms with E-state index in [-0.39, 0.29) is 42.4 Å². The van der Waals surface area contributed by atoms with Crippen molar-refractivity contribution in [2.45, 2.75) is 64.3 Å². The number of hydrogen-bond donors (Lipinski definition) is 3. The number of nitrogens with zero attached hydrogens (tertiary/aromatic N) is 1. The molecule has 3 aliphatic rings. The number of aliphatic carboxylic acids is 1. The van der Waals surface area contributed by atoms with Gasteiger partial charge in [-0.1, -0.05) is 37.9 Å². The summed E-state index contributed by atoms with van der Waals surface area (Å²) in [4.78, 5) is 38.7. The number of aromatic hydroxyl groups is 1. The van der Waals surface area contributed by atoms with Crippen molar-refractivity contribution in [3.63, 3.8) is 0 Å². The van der Waals surface area contributed by atoms with Crippen LogP contribution in [0.2, 0.25) is 5.02 Å². The molecular formula is C25H32ClNO7. The molecule has 0 unspecified atom stereocenters. The first-order valence-corrected chi connectivity index (χ1v) is 12.4. The van der Waals surface area contributed by atoms with E-state index in [0.717, 1.165) is 0 Å². The molecule has 8 nitrogen and oxygen atoms in total. The van der Waals surface area contributed by atoms with Gasteiger partial charge in [-0.2, -0.15) is 0 Å². The van der Waals surface area contributed by atoms with Gasteiger partial charge in [0.25, 0.3) is 0 Å². The number of imide groups is 1. The Morgan fingerprint density at radius 2 is 1.94 bits per heavy atom. The summed E-state index contributed by atoms with van der Waals surface area (Å²) in [6, 6.07) is 4.59. The summed E-state index contributed by atoms with van der Waals surface area (Å²) in [6.07, 6.45) is 1.88. The second-order valence-corrected chi connectivity index (χ2v) is 10.6. The molecule has 2 heterocycles. The highest BCUT2D eigenvalue weighted by Gasteiger charge is 2.67. The summed E-state index contributed by atoms with van der Waals surface area (Å²) in [5, 5.41) is 30.6. The Balaban J connectivity index is 1.57. The molecule has 1 aliphatic carbocycles. The highest BCUT2D eigenvalue weighted by molar-refractivity contribution is 6.31. The van der Waals surface area contributed by atoms with Crippen molar-refractivity contribution in [3.05, 3.63) is 28.8 Å². The highest BCUT2D eigenvalue weighted by Crippen LogP contribution is 2.60. The lowest BCUT2D eigenvalue weighted by atomic mass is 9.62. The molecule has 9 heteroatoms. The molecule has 1 saturated carbocycles. The van der Waals surface area contributed by atoms with Gasteiger partial charge < -0.3 is 20.1 Å². The second-order valence-electron chi connectivity index (χ2n) is 10.2. The van der Waals surface area contributed by atoms with E-state index in [0.29, 0.717) is 42.7 Å². The van der Waals surface area contributed by atoms with Gasteiger partial charge in [0.15, 0.2) is 5.79 Å². The van der Waals surface area contributed by atoms with Crippen LogP contribution in [-0.2, 0) is 19.1 Å². The van der Waals surface area contributed by atoms with E-state index in [4.69, 9.17) is 21.4 Å². The van der Waals surface area contributed by atoms with Gasteiger partial charge in [-0.25, -0.2) is 0 Å². The molecule has 2 saturated heterocycles. The minimum atomic E-state index is -1.56. The van der Waals surface area contributed by atoms with Gasteiger partial charge in [0.2, 0.25) is 11.8 Å². The number of hydrogen-bond acceptors (Lipinski definition) is 6. The van der Waals surface area contributed by atoms with Crippen LogP contribution in [0.4, 0.5) is 0 Å². The second kappa shape index (κ2) is 9.47. The summed E-state index contributed by atoms with van der Waals surface area (Å²) in [6.45, 7) is 4.22. The van der Waals surface area contributed by atoms with E-state index in [1.165, 1.54) is 17.0 Å². The molecular weight excluding hydrogens is 462 g/mol. The average Bonchev–Trinajstić information content (AvgIpc) is 3.21. The molecule has 1 aromatic rings. The number of aliphatic hydroxyl groups is 1. The summed E-state index contributed by atoms with van der Waals surface area (Å²) < 4.78 is 6.25. The number of phenols is 1. The van der Waals surface area contributed by atoms with Crippen molar-refractivity contribution >= 4 is 29.4 Å². The molecule has 2 aliphatic heterocycles. The molecule has 6 atom stereocenters. The SMILES string of the molecule is CC(C)[C@H]1C[C@@H]2C(=O)N(CCCCCC(=O)O)C(=O)[C@@H]2[C@@H]2C[C@@H](c3ccc(O)cc3Cl)O[C@]12O. The number of rotatable bonds is 8. The third-order valence-corrected chi connectivity index (χ3v) is 8.11. The van der Waals surface area contributed by atoms with Crippen molar-refractivity contribution in [1.82, 2.24) is 4.90 Å². The molecule has 3 fully saturated rings. The van der Waals surface area contributed by atoms with Gasteiger partial charge in [-0.15, -0.1) is 0 Å². The molecule has 0 radical (unpaired) electrons. The predicted octanol–water partition coefficient (Wildman–Crippen LogP) is 3.73. The summed E-state index contributed by atoms with van der Waals surface area (Å²) >= 11 is 6.35. The topological polar surface area (TPSA) is 124 Å². The fourth-order valence-electron chi connectivity index (χ4n) is 6.15.